The zero-order chi connectivity index (χ0) is 17.6. The minimum absolute atomic E-state index is 0.0249. The molecule has 1 N–H and O–H groups in total. The number of carbonyl (C=O) groups excluding carboxylic acids is 1. The van der Waals surface area contributed by atoms with Gasteiger partial charge < -0.3 is 10.2 Å². The molecule has 1 amide bonds. The first-order valence-electron chi connectivity index (χ1n) is 8.41. The molecule has 0 heterocycles. The van der Waals surface area contributed by atoms with Crippen LogP contribution in [0.2, 0.25) is 0 Å². The fourth-order valence-electron chi connectivity index (χ4n) is 3.13. The molecule has 2 aromatic rings. The number of nitrogens with one attached hydrogen (secondary N) is 1. The van der Waals surface area contributed by atoms with E-state index in [0.29, 0.717) is 6.54 Å². The van der Waals surface area contributed by atoms with E-state index in [4.69, 9.17) is 0 Å². The molecule has 24 heavy (non-hydrogen) atoms. The quantitative estimate of drug-likeness (QED) is 0.845. The molecule has 0 atom stereocenters. The van der Waals surface area contributed by atoms with E-state index >= 15 is 0 Å². The molecule has 0 saturated carbocycles. The summed E-state index contributed by atoms with van der Waals surface area (Å²) in [5.41, 5.74) is 2.06. The maximum Gasteiger partial charge on any atom is 0.232 e. The second-order valence-corrected chi connectivity index (χ2v) is 7.37. The highest BCUT2D eigenvalue weighted by atomic mass is 16.1. The van der Waals surface area contributed by atoms with E-state index < -0.39 is 0 Å². The van der Waals surface area contributed by atoms with E-state index in [1.807, 2.05) is 60.7 Å². The third-order valence-electron chi connectivity index (χ3n) is 4.01. The van der Waals surface area contributed by atoms with Gasteiger partial charge in [-0.05, 0) is 30.6 Å². The predicted octanol–water partition coefficient (Wildman–Crippen LogP) is 3.52. The van der Waals surface area contributed by atoms with Crippen molar-refractivity contribution >= 4 is 5.91 Å². The van der Waals surface area contributed by atoms with Crippen molar-refractivity contribution in [1.29, 1.82) is 0 Å². The van der Waals surface area contributed by atoms with Crippen molar-refractivity contribution in [3.63, 3.8) is 0 Å². The van der Waals surface area contributed by atoms with E-state index in [1.165, 1.54) is 0 Å². The molecule has 3 heteroatoms. The Morgan fingerprint density at radius 3 is 1.83 bits per heavy atom. The van der Waals surface area contributed by atoms with Crippen LogP contribution in [0, 0.1) is 5.41 Å². The molecule has 0 aliphatic carbocycles. The molecule has 128 valence electrons. The number of hydrogen-bond acceptors (Lipinski definition) is 2. The Bertz CT molecular complexity index is 596. The van der Waals surface area contributed by atoms with E-state index in [9.17, 15) is 4.79 Å². The lowest BCUT2D eigenvalue weighted by Crippen LogP contribution is -2.41. The highest BCUT2D eigenvalue weighted by molar-refractivity contribution is 5.87. The largest absolute Gasteiger partial charge is 0.355 e. The second-order valence-electron chi connectivity index (χ2n) is 7.37. The first-order valence-corrected chi connectivity index (χ1v) is 8.41. The van der Waals surface area contributed by atoms with Crippen molar-refractivity contribution in [2.24, 2.45) is 5.41 Å². The molecule has 0 spiro atoms. The number of amides is 1. The van der Waals surface area contributed by atoms with Crippen molar-refractivity contribution in [2.75, 3.05) is 27.2 Å². The van der Waals surface area contributed by atoms with Gasteiger partial charge in [-0.15, -0.1) is 0 Å². The molecule has 2 rings (SSSR count). The van der Waals surface area contributed by atoms with Crippen LogP contribution in [0.15, 0.2) is 60.7 Å². The highest BCUT2D eigenvalue weighted by Crippen LogP contribution is 2.25. The summed E-state index contributed by atoms with van der Waals surface area (Å²) < 4.78 is 0. The number of nitrogens with zero attached hydrogens (tertiary/aromatic N) is 1. The van der Waals surface area contributed by atoms with Gasteiger partial charge in [-0.2, -0.15) is 0 Å². The number of hydrogen-bond donors (Lipinski definition) is 1. The Balaban J connectivity index is 2.17. The average Bonchev–Trinajstić information content (AvgIpc) is 2.54. The Morgan fingerprint density at radius 1 is 0.958 bits per heavy atom. The Morgan fingerprint density at radius 2 is 1.42 bits per heavy atom. The molecule has 0 aliphatic heterocycles. The van der Waals surface area contributed by atoms with Gasteiger partial charge in [0.2, 0.25) is 5.91 Å². The average molecular weight is 324 g/mol. The predicted molar refractivity (Wildman–Crippen MR) is 100 cm³/mol. The second kappa shape index (κ2) is 8.11. The molecule has 0 fully saturated rings. The fraction of sp³-hybridized carbons (Fsp3) is 0.381. The van der Waals surface area contributed by atoms with Crippen LogP contribution >= 0.6 is 0 Å². The van der Waals surface area contributed by atoms with Gasteiger partial charge in [0.25, 0.3) is 0 Å². The zero-order valence-corrected chi connectivity index (χ0v) is 15.1. The highest BCUT2D eigenvalue weighted by Gasteiger charge is 2.25. The Labute approximate surface area is 145 Å². The summed E-state index contributed by atoms with van der Waals surface area (Å²) in [7, 11) is 4.11. The third-order valence-corrected chi connectivity index (χ3v) is 4.01. The standard InChI is InChI=1S/C21H28N2O/c1-21(2,16-23(3)4)15-22-20(24)19(17-11-7-5-8-12-17)18-13-9-6-10-14-18/h5-14,19H,15-16H2,1-4H3,(H,22,24). The summed E-state index contributed by atoms with van der Waals surface area (Å²) in [5.74, 6) is -0.221. The topological polar surface area (TPSA) is 32.3 Å². The lowest BCUT2D eigenvalue weighted by Gasteiger charge is -2.29. The van der Waals surface area contributed by atoms with Crippen LogP contribution in [0.4, 0.5) is 0 Å². The summed E-state index contributed by atoms with van der Waals surface area (Å²) >= 11 is 0. The van der Waals surface area contributed by atoms with Crippen LogP contribution < -0.4 is 5.32 Å². The van der Waals surface area contributed by atoms with E-state index in [0.717, 1.165) is 17.7 Å². The van der Waals surface area contributed by atoms with Crippen molar-refractivity contribution in [2.45, 2.75) is 19.8 Å². The van der Waals surface area contributed by atoms with E-state index in [2.05, 4.69) is 38.2 Å². The van der Waals surface area contributed by atoms with Crippen molar-refractivity contribution in [3.8, 4) is 0 Å². The summed E-state index contributed by atoms with van der Waals surface area (Å²) in [6.07, 6.45) is 0. The van der Waals surface area contributed by atoms with Crippen molar-refractivity contribution in [3.05, 3.63) is 71.8 Å². The zero-order valence-electron chi connectivity index (χ0n) is 15.1. The molecular weight excluding hydrogens is 296 g/mol. The van der Waals surface area contributed by atoms with Crippen LogP contribution in [-0.4, -0.2) is 38.0 Å². The van der Waals surface area contributed by atoms with E-state index in [-0.39, 0.29) is 17.2 Å². The molecule has 0 radical (unpaired) electrons. The monoisotopic (exact) mass is 324 g/mol. The maximum absolute atomic E-state index is 13.0. The normalized spacial score (nSPS) is 11.8. The first-order chi connectivity index (χ1) is 11.4. The summed E-state index contributed by atoms with van der Waals surface area (Å²) in [5, 5.41) is 3.16. The third kappa shape index (κ3) is 5.20. The van der Waals surface area contributed by atoms with Gasteiger partial charge in [0.15, 0.2) is 0 Å². The van der Waals surface area contributed by atoms with Crippen LogP contribution in [0.5, 0.6) is 0 Å². The molecule has 0 bridgehead atoms. The SMILES string of the molecule is CN(C)CC(C)(C)CNC(=O)C(c1ccccc1)c1ccccc1. The van der Waals surface area contributed by atoms with Crippen LogP contribution in [0.1, 0.15) is 30.9 Å². The fourth-order valence-corrected chi connectivity index (χ4v) is 3.13. The van der Waals surface area contributed by atoms with E-state index in [1.54, 1.807) is 0 Å². The van der Waals surface area contributed by atoms with Gasteiger partial charge in [-0.25, -0.2) is 0 Å². The number of rotatable bonds is 7. The number of benzene rings is 2. The maximum atomic E-state index is 13.0. The van der Waals surface area contributed by atoms with Gasteiger partial charge in [0.05, 0.1) is 5.92 Å². The smallest absolute Gasteiger partial charge is 0.232 e. The summed E-state index contributed by atoms with van der Waals surface area (Å²) in [6, 6.07) is 19.9. The molecule has 0 unspecified atom stereocenters. The van der Waals surface area contributed by atoms with Crippen molar-refractivity contribution in [1.82, 2.24) is 10.2 Å². The van der Waals surface area contributed by atoms with Gasteiger partial charge in [-0.1, -0.05) is 74.5 Å². The lowest BCUT2D eigenvalue weighted by molar-refractivity contribution is -0.122. The minimum atomic E-state index is -0.275. The molecule has 3 nitrogen and oxygen atoms in total. The summed E-state index contributed by atoms with van der Waals surface area (Å²) in [6.45, 7) is 5.93. The van der Waals surface area contributed by atoms with Crippen LogP contribution in [0.3, 0.4) is 0 Å². The van der Waals surface area contributed by atoms with Crippen LogP contribution in [0.25, 0.3) is 0 Å². The first kappa shape index (κ1) is 18.2. The van der Waals surface area contributed by atoms with Crippen LogP contribution in [-0.2, 0) is 4.79 Å². The van der Waals surface area contributed by atoms with Gasteiger partial charge in [0.1, 0.15) is 0 Å². The Hall–Kier alpha value is -2.13. The molecule has 0 aliphatic rings. The van der Waals surface area contributed by atoms with Gasteiger partial charge >= 0.3 is 0 Å². The molecule has 0 saturated heterocycles. The Kier molecular flexibility index (Phi) is 6.16. The van der Waals surface area contributed by atoms with Gasteiger partial charge in [0, 0.05) is 13.1 Å². The lowest BCUT2D eigenvalue weighted by atomic mass is 9.89. The number of carbonyl (C=O) groups is 1. The molecule has 0 aromatic heterocycles. The van der Waals surface area contributed by atoms with Gasteiger partial charge in [-0.3, -0.25) is 4.79 Å². The summed E-state index contributed by atoms with van der Waals surface area (Å²) in [4.78, 5) is 15.1. The van der Waals surface area contributed by atoms with Crippen molar-refractivity contribution < 1.29 is 4.79 Å². The molecular formula is C21H28N2O. The molecule has 2 aromatic carbocycles. The minimum Gasteiger partial charge on any atom is -0.355 e.